The second kappa shape index (κ2) is 10.4. The van der Waals surface area contributed by atoms with Crippen LogP contribution in [0.1, 0.15) is 44.0 Å². The van der Waals surface area contributed by atoms with Gasteiger partial charge in [-0.1, -0.05) is 13.3 Å². The lowest BCUT2D eigenvalue weighted by molar-refractivity contribution is 0.0708. The zero-order chi connectivity index (χ0) is 16.7. The third-order valence-electron chi connectivity index (χ3n) is 3.90. The summed E-state index contributed by atoms with van der Waals surface area (Å²) in [4.78, 5) is 14.6. The maximum absolute atomic E-state index is 12.7. The van der Waals surface area contributed by atoms with E-state index in [1.807, 2.05) is 24.0 Å². The van der Waals surface area contributed by atoms with Crippen molar-refractivity contribution in [3.63, 3.8) is 0 Å². The van der Waals surface area contributed by atoms with Gasteiger partial charge in [-0.15, -0.1) is 12.4 Å². The molecule has 136 valence electrons. The van der Waals surface area contributed by atoms with E-state index >= 15 is 0 Å². The quantitative estimate of drug-likeness (QED) is 0.763. The third-order valence-corrected chi connectivity index (χ3v) is 3.90. The fourth-order valence-corrected chi connectivity index (χ4v) is 2.65. The van der Waals surface area contributed by atoms with Gasteiger partial charge in [-0.25, -0.2) is 0 Å². The predicted octanol–water partition coefficient (Wildman–Crippen LogP) is 3.12. The number of halogens is 1. The number of nitrogens with zero attached hydrogens (tertiary/aromatic N) is 1. The Balaban J connectivity index is 0.00000288. The molecule has 0 aliphatic carbocycles. The van der Waals surface area contributed by atoms with Crippen LogP contribution in [0, 0.1) is 0 Å². The second-order valence-corrected chi connectivity index (χ2v) is 5.90. The number of piperazine rings is 1. The first kappa shape index (κ1) is 20.6. The largest absolute Gasteiger partial charge is 0.490 e. The van der Waals surface area contributed by atoms with Crippen molar-refractivity contribution in [1.29, 1.82) is 0 Å². The molecule has 1 fully saturated rings. The lowest BCUT2D eigenvalue weighted by atomic mass is 10.1. The summed E-state index contributed by atoms with van der Waals surface area (Å²) in [7, 11) is 0. The minimum Gasteiger partial charge on any atom is -0.490 e. The average molecular weight is 357 g/mol. The topological polar surface area (TPSA) is 50.8 Å². The van der Waals surface area contributed by atoms with Crippen LogP contribution >= 0.6 is 12.4 Å². The number of nitrogens with one attached hydrogen (secondary N) is 1. The van der Waals surface area contributed by atoms with Crippen molar-refractivity contribution in [2.24, 2.45) is 0 Å². The van der Waals surface area contributed by atoms with Crippen molar-refractivity contribution in [1.82, 2.24) is 10.2 Å². The molecule has 0 aromatic heterocycles. The fourth-order valence-electron chi connectivity index (χ4n) is 2.65. The SMILES string of the molecule is CCCCOc1ccc(C(=O)N2CCNC(C)C2)cc1OCC.Cl. The zero-order valence-electron chi connectivity index (χ0n) is 14.8. The number of benzene rings is 1. The first-order chi connectivity index (χ1) is 11.2. The third kappa shape index (κ3) is 5.56. The number of carbonyl (C=O) groups is 1. The minimum atomic E-state index is 0. The van der Waals surface area contributed by atoms with E-state index in [1.165, 1.54) is 0 Å². The molecule has 1 heterocycles. The average Bonchev–Trinajstić information content (AvgIpc) is 2.56. The number of ether oxygens (including phenoxy) is 2. The van der Waals surface area contributed by atoms with Crippen LogP contribution in [-0.2, 0) is 0 Å². The normalized spacial score (nSPS) is 17.1. The Morgan fingerprint density at radius 1 is 1.29 bits per heavy atom. The Morgan fingerprint density at radius 3 is 2.75 bits per heavy atom. The van der Waals surface area contributed by atoms with Crippen LogP contribution in [0.3, 0.4) is 0 Å². The molecule has 5 nitrogen and oxygen atoms in total. The number of hydrogen-bond donors (Lipinski definition) is 1. The van der Waals surface area contributed by atoms with E-state index in [9.17, 15) is 4.79 Å². The van der Waals surface area contributed by atoms with Gasteiger partial charge < -0.3 is 19.7 Å². The van der Waals surface area contributed by atoms with Crippen molar-refractivity contribution in [3.05, 3.63) is 23.8 Å². The van der Waals surface area contributed by atoms with Gasteiger partial charge in [0, 0.05) is 31.2 Å². The number of amides is 1. The predicted molar refractivity (Wildman–Crippen MR) is 98.6 cm³/mol. The summed E-state index contributed by atoms with van der Waals surface area (Å²) in [6.07, 6.45) is 2.09. The summed E-state index contributed by atoms with van der Waals surface area (Å²) >= 11 is 0. The van der Waals surface area contributed by atoms with Gasteiger partial charge in [0.25, 0.3) is 5.91 Å². The van der Waals surface area contributed by atoms with Crippen molar-refractivity contribution in [2.45, 2.75) is 39.7 Å². The van der Waals surface area contributed by atoms with Gasteiger partial charge in [-0.05, 0) is 38.5 Å². The fraction of sp³-hybridized carbons (Fsp3) is 0.611. The molecule has 1 unspecified atom stereocenters. The Kier molecular flexibility index (Phi) is 8.93. The van der Waals surface area contributed by atoms with E-state index in [0.29, 0.717) is 36.3 Å². The van der Waals surface area contributed by atoms with E-state index in [0.717, 1.165) is 32.5 Å². The summed E-state index contributed by atoms with van der Waals surface area (Å²) in [5.74, 6) is 1.42. The molecule has 2 rings (SSSR count). The molecule has 6 heteroatoms. The number of carbonyl (C=O) groups excluding carboxylic acids is 1. The number of rotatable bonds is 7. The molecule has 0 bridgehead atoms. The van der Waals surface area contributed by atoms with Crippen LogP contribution < -0.4 is 14.8 Å². The van der Waals surface area contributed by atoms with Crippen LogP contribution in [0.25, 0.3) is 0 Å². The molecule has 1 aromatic rings. The van der Waals surface area contributed by atoms with Crippen LogP contribution in [0.4, 0.5) is 0 Å². The summed E-state index contributed by atoms with van der Waals surface area (Å²) in [5, 5.41) is 3.35. The first-order valence-corrected chi connectivity index (χ1v) is 8.58. The molecule has 1 aliphatic heterocycles. The van der Waals surface area contributed by atoms with Crippen LogP contribution in [-0.4, -0.2) is 49.7 Å². The Labute approximate surface area is 151 Å². The highest BCUT2D eigenvalue weighted by Crippen LogP contribution is 2.29. The Bertz CT molecular complexity index is 525. The van der Waals surface area contributed by atoms with Gasteiger partial charge in [0.2, 0.25) is 0 Å². The van der Waals surface area contributed by atoms with Crippen LogP contribution in [0.2, 0.25) is 0 Å². The van der Waals surface area contributed by atoms with Gasteiger partial charge in [0.15, 0.2) is 11.5 Å². The molecule has 1 N–H and O–H groups in total. The highest BCUT2D eigenvalue weighted by Gasteiger charge is 2.22. The highest BCUT2D eigenvalue weighted by atomic mass is 35.5. The van der Waals surface area contributed by atoms with Gasteiger partial charge in [-0.2, -0.15) is 0 Å². The van der Waals surface area contributed by atoms with Crippen molar-refractivity contribution < 1.29 is 14.3 Å². The maximum atomic E-state index is 12.7. The van der Waals surface area contributed by atoms with E-state index in [2.05, 4.69) is 19.2 Å². The highest BCUT2D eigenvalue weighted by molar-refractivity contribution is 5.95. The molecule has 1 amide bonds. The number of unbranched alkanes of at least 4 members (excludes halogenated alkanes) is 1. The molecular weight excluding hydrogens is 328 g/mol. The molecule has 0 spiro atoms. The maximum Gasteiger partial charge on any atom is 0.254 e. The van der Waals surface area contributed by atoms with E-state index in [-0.39, 0.29) is 18.3 Å². The number of hydrogen-bond acceptors (Lipinski definition) is 4. The molecule has 1 aromatic carbocycles. The van der Waals surface area contributed by atoms with Crippen LogP contribution in [0.5, 0.6) is 11.5 Å². The Hall–Kier alpha value is -1.46. The summed E-state index contributed by atoms with van der Waals surface area (Å²) < 4.78 is 11.4. The zero-order valence-corrected chi connectivity index (χ0v) is 15.7. The lowest BCUT2D eigenvalue weighted by Gasteiger charge is -2.32. The molecule has 1 saturated heterocycles. The Morgan fingerprint density at radius 2 is 2.08 bits per heavy atom. The van der Waals surface area contributed by atoms with Gasteiger partial charge in [-0.3, -0.25) is 4.79 Å². The van der Waals surface area contributed by atoms with Gasteiger partial charge in [0.1, 0.15) is 0 Å². The standard InChI is InChI=1S/C18H28N2O3.ClH/c1-4-6-11-23-16-8-7-15(12-17(16)22-5-2)18(21)20-10-9-19-14(3)13-20;/h7-8,12,14,19H,4-6,9-11,13H2,1-3H3;1H. The molecule has 1 atom stereocenters. The molecule has 0 radical (unpaired) electrons. The molecule has 0 saturated carbocycles. The summed E-state index contributed by atoms with van der Waals surface area (Å²) in [6, 6.07) is 5.81. The van der Waals surface area contributed by atoms with E-state index in [4.69, 9.17) is 9.47 Å². The van der Waals surface area contributed by atoms with Crippen molar-refractivity contribution >= 4 is 18.3 Å². The monoisotopic (exact) mass is 356 g/mol. The molecule has 24 heavy (non-hydrogen) atoms. The van der Waals surface area contributed by atoms with Crippen molar-refractivity contribution in [2.75, 3.05) is 32.8 Å². The summed E-state index contributed by atoms with van der Waals surface area (Å²) in [5.41, 5.74) is 0.658. The molecular formula is C18H29ClN2O3. The minimum absolute atomic E-state index is 0. The van der Waals surface area contributed by atoms with Gasteiger partial charge >= 0.3 is 0 Å². The smallest absolute Gasteiger partial charge is 0.254 e. The van der Waals surface area contributed by atoms with Crippen LogP contribution in [0.15, 0.2) is 18.2 Å². The summed E-state index contributed by atoms with van der Waals surface area (Å²) in [6.45, 7) is 9.68. The molecule has 1 aliphatic rings. The first-order valence-electron chi connectivity index (χ1n) is 8.58. The van der Waals surface area contributed by atoms with E-state index < -0.39 is 0 Å². The van der Waals surface area contributed by atoms with Gasteiger partial charge in [0.05, 0.1) is 13.2 Å². The van der Waals surface area contributed by atoms with Crippen molar-refractivity contribution in [3.8, 4) is 11.5 Å². The van der Waals surface area contributed by atoms with E-state index in [1.54, 1.807) is 6.07 Å². The lowest BCUT2D eigenvalue weighted by Crippen LogP contribution is -2.51. The second-order valence-electron chi connectivity index (χ2n) is 5.90.